The molecule has 0 saturated heterocycles. The third-order valence-corrected chi connectivity index (χ3v) is 3.38. The Bertz CT molecular complexity index is 456. The van der Waals surface area contributed by atoms with Crippen LogP contribution in [0.4, 0.5) is 0 Å². The average molecular weight is 295 g/mol. The maximum atomic E-state index is 11.9. The molecule has 1 aromatic rings. The molecule has 1 rings (SSSR count). The lowest BCUT2D eigenvalue weighted by Crippen LogP contribution is -2.37. The number of hydrogen-bond acceptors (Lipinski definition) is 4. The summed E-state index contributed by atoms with van der Waals surface area (Å²) in [5, 5.41) is 12.6. The molecule has 118 valence electrons. The van der Waals surface area contributed by atoms with E-state index in [-0.39, 0.29) is 18.6 Å². The molecule has 0 saturated carbocycles. The van der Waals surface area contributed by atoms with Crippen LogP contribution in [-0.2, 0) is 4.79 Å². The number of aliphatic hydroxyl groups is 1. The van der Waals surface area contributed by atoms with Crippen molar-refractivity contribution < 1.29 is 19.4 Å². The lowest BCUT2D eigenvalue weighted by molar-refractivity contribution is -0.123. The van der Waals surface area contributed by atoms with E-state index in [0.29, 0.717) is 17.1 Å². The Labute approximate surface area is 126 Å². The van der Waals surface area contributed by atoms with Gasteiger partial charge in [0, 0.05) is 17.7 Å². The largest absolute Gasteiger partial charge is 0.497 e. The number of carbonyl (C=O) groups excluding carboxylic acids is 1. The SMILES string of the molecule is CCC(CC)NC(=O)COc1cc(OC)ccc1C(C)O. The quantitative estimate of drug-likeness (QED) is 0.773. The van der Waals surface area contributed by atoms with Gasteiger partial charge in [0.05, 0.1) is 13.2 Å². The van der Waals surface area contributed by atoms with Gasteiger partial charge in [-0.3, -0.25) is 4.79 Å². The summed E-state index contributed by atoms with van der Waals surface area (Å²) >= 11 is 0. The van der Waals surface area contributed by atoms with Gasteiger partial charge >= 0.3 is 0 Å². The topological polar surface area (TPSA) is 67.8 Å². The molecule has 1 aromatic carbocycles. The van der Waals surface area contributed by atoms with Crippen molar-refractivity contribution >= 4 is 5.91 Å². The summed E-state index contributed by atoms with van der Waals surface area (Å²) in [6.45, 7) is 5.63. The molecule has 0 spiro atoms. The zero-order valence-electron chi connectivity index (χ0n) is 13.2. The Balaban J connectivity index is 2.71. The Kier molecular flexibility index (Phi) is 7.02. The van der Waals surface area contributed by atoms with E-state index < -0.39 is 6.10 Å². The highest BCUT2D eigenvalue weighted by Crippen LogP contribution is 2.29. The third kappa shape index (κ3) is 5.27. The van der Waals surface area contributed by atoms with Crippen molar-refractivity contribution in [2.45, 2.75) is 45.8 Å². The second-order valence-corrected chi connectivity index (χ2v) is 4.95. The summed E-state index contributed by atoms with van der Waals surface area (Å²) < 4.78 is 10.7. The predicted molar refractivity (Wildman–Crippen MR) is 81.6 cm³/mol. The first-order valence-corrected chi connectivity index (χ1v) is 7.29. The third-order valence-electron chi connectivity index (χ3n) is 3.38. The van der Waals surface area contributed by atoms with Crippen molar-refractivity contribution in [3.8, 4) is 11.5 Å². The van der Waals surface area contributed by atoms with Gasteiger partial charge in [-0.2, -0.15) is 0 Å². The highest BCUT2D eigenvalue weighted by atomic mass is 16.5. The van der Waals surface area contributed by atoms with Gasteiger partial charge in [-0.15, -0.1) is 0 Å². The van der Waals surface area contributed by atoms with E-state index in [0.717, 1.165) is 12.8 Å². The van der Waals surface area contributed by atoms with Crippen LogP contribution >= 0.6 is 0 Å². The monoisotopic (exact) mass is 295 g/mol. The average Bonchev–Trinajstić information content (AvgIpc) is 2.49. The molecule has 5 heteroatoms. The minimum atomic E-state index is -0.673. The van der Waals surface area contributed by atoms with Crippen molar-refractivity contribution in [3.05, 3.63) is 23.8 Å². The maximum absolute atomic E-state index is 11.9. The molecule has 2 N–H and O–H groups in total. The highest BCUT2D eigenvalue weighted by molar-refractivity contribution is 5.77. The minimum Gasteiger partial charge on any atom is -0.497 e. The summed E-state index contributed by atoms with van der Waals surface area (Å²) in [5.41, 5.74) is 0.631. The first kappa shape index (κ1) is 17.3. The Morgan fingerprint density at radius 3 is 2.52 bits per heavy atom. The van der Waals surface area contributed by atoms with Crippen molar-refractivity contribution in [1.29, 1.82) is 0 Å². The van der Waals surface area contributed by atoms with E-state index in [2.05, 4.69) is 5.32 Å². The van der Waals surface area contributed by atoms with E-state index >= 15 is 0 Å². The zero-order chi connectivity index (χ0) is 15.8. The number of carbonyl (C=O) groups is 1. The van der Waals surface area contributed by atoms with Crippen molar-refractivity contribution in [2.75, 3.05) is 13.7 Å². The molecule has 1 amide bonds. The lowest BCUT2D eigenvalue weighted by Gasteiger charge is -2.17. The Morgan fingerprint density at radius 1 is 1.33 bits per heavy atom. The summed E-state index contributed by atoms with van der Waals surface area (Å²) in [6, 6.07) is 5.33. The van der Waals surface area contributed by atoms with Crippen LogP contribution in [0.3, 0.4) is 0 Å². The van der Waals surface area contributed by atoms with Crippen LogP contribution in [0.1, 0.15) is 45.3 Å². The summed E-state index contributed by atoms with van der Waals surface area (Å²) in [7, 11) is 1.56. The number of nitrogens with one attached hydrogen (secondary N) is 1. The molecule has 0 bridgehead atoms. The molecule has 0 heterocycles. The maximum Gasteiger partial charge on any atom is 0.258 e. The Morgan fingerprint density at radius 2 is 2.00 bits per heavy atom. The van der Waals surface area contributed by atoms with Gasteiger partial charge in [0.25, 0.3) is 5.91 Å². The molecular formula is C16H25NO4. The number of ether oxygens (including phenoxy) is 2. The summed E-state index contributed by atoms with van der Waals surface area (Å²) in [5.74, 6) is 0.918. The predicted octanol–water partition coefficient (Wildman–Crippen LogP) is 2.43. The number of hydrogen-bond donors (Lipinski definition) is 2. The number of aliphatic hydroxyl groups excluding tert-OH is 1. The van der Waals surface area contributed by atoms with Gasteiger partial charge in [-0.25, -0.2) is 0 Å². The molecule has 1 unspecified atom stereocenters. The number of rotatable bonds is 8. The molecule has 0 radical (unpaired) electrons. The summed E-state index contributed by atoms with van der Waals surface area (Å²) in [6.07, 6.45) is 1.11. The van der Waals surface area contributed by atoms with Gasteiger partial charge in [0.1, 0.15) is 11.5 Å². The minimum absolute atomic E-state index is 0.0800. The van der Waals surface area contributed by atoms with Crippen LogP contribution in [-0.4, -0.2) is 30.8 Å². The van der Waals surface area contributed by atoms with Crippen molar-refractivity contribution in [1.82, 2.24) is 5.32 Å². The molecule has 0 aliphatic heterocycles. The van der Waals surface area contributed by atoms with Crippen molar-refractivity contribution in [2.24, 2.45) is 0 Å². The van der Waals surface area contributed by atoms with Gasteiger partial charge in [0.2, 0.25) is 0 Å². The van der Waals surface area contributed by atoms with E-state index in [1.165, 1.54) is 0 Å². The normalized spacial score (nSPS) is 12.1. The fraction of sp³-hybridized carbons (Fsp3) is 0.562. The van der Waals surface area contributed by atoms with Gasteiger partial charge in [0.15, 0.2) is 6.61 Å². The molecular weight excluding hydrogens is 270 g/mol. The second kappa shape index (κ2) is 8.52. The van der Waals surface area contributed by atoms with E-state index in [1.807, 2.05) is 13.8 Å². The van der Waals surface area contributed by atoms with Crippen molar-refractivity contribution in [3.63, 3.8) is 0 Å². The molecule has 5 nitrogen and oxygen atoms in total. The summed E-state index contributed by atoms with van der Waals surface area (Å²) in [4.78, 5) is 11.9. The first-order chi connectivity index (χ1) is 10.0. The van der Waals surface area contributed by atoms with Gasteiger partial charge in [-0.05, 0) is 31.9 Å². The van der Waals surface area contributed by atoms with E-state index in [1.54, 1.807) is 32.2 Å². The first-order valence-electron chi connectivity index (χ1n) is 7.29. The fourth-order valence-electron chi connectivity index (χ4n) is 2.02. The molecule has 0 aromatic heterocycles. The standard InChI is InChI=1S/C16H25NO4/c1-5-12(6-2)17-16(19)10-21-15-9-13(20-4)7-8-14(15)11(3)18/h7-9,11-12,18H,5-6,10H2,1-4H3,(H,17,19). The van der Waals surface area contributed by atoms with Crippen LogP contribution in [0.25, 0.3) is 0 Å². The molecule has 21 heavy (non-hydrogen) atoms. The molecule has 1 atom stereocenters. The molecule has 0 fully saturated rings. The van der Waals surface area contributed by atoms with E-state index in [4.69, 9.17) is 9.47 Å². The van der Waals surface area contributed by atoms with Crippen LogP contribution < -0.4 is 14.8 Å². The number of amides is 1. The zero-order valence-corrected chi connectivity index (χ0v) is 13.2. The number of methoxy groups -OCH3 is 1. The lowest BCUT2D eigenvalue weighted by atomic mass is 10.1. The number of benzene rings is 1. The van der Waals surface area contributed by atoms with Crippen LogP contribution in [0.5, 0.6) is 11.5 Å². The van der Waals surface area contributed by atoms with Gasteiger partial charge in [-0.1, -0.05) is 13.8 Å². The van der Waals surface area contributed by atoms with Gasteiger partial charge < -0.3 is 19.9 Å². The van der Waals surface area contributed by atoms with Crippen LogP contribution in [0, 0.1) is 0 Å². The smallest absolute Gasteiger partial charge is 0.258 e. The molecule has 0 aliphatic carbocycles. The fourth-order valence-corrected chi connectivity index (χ4v) is 2.02. The Hall–Kier alpha value is -1.75. The second-order valence-electron chi connectivity index (χ2n) is 4.95. The van der Waals surface area contributed by atoms with E-state index in [9.17, 15) is 9.90 Å². The molecule has 0 aliphatic rings. The highest BCUT2D eigenvalue weighted by Gasteiger charge is 2.13. The van der Waals surface area contributed by atoms with Crippen LogP contribution in [0.15, 0.2) is 18.2 Å². The van der Waals surface area contributed by atoms with Crippen LogP contribution in [0.2, 0.25) is 0 Å².